The SMILES string of the molecule is COc1cccc(CC(=O)N2CCCC(n3c(C)cnc3-c3cccnc3)C2)c1. The summed E-state index contributed by atoms with van der Waals surface area (Å²) in [5, 5.41) is 0. The van der Waals surface area contributed by atoms with E-state index in [4.69, 9.17) is 4.74 Å². The van der Waals surface area contributed by atoms with Gasteiger partial charge in [0, 0.05) is 42.9 Å². The van der Waals surface area contributed by atoms with Crippen LogP contribution in [-0.2, 0) is 11.2 Å². The lowest BCUT2D eigenvalue weighted by molar-refractivity contribution is -0.132. The van der Waals surface area contributed by atoms with Gasteiger partial charge in [0.15, 0.2) is 0 Å². The molecule has 0 bridgehead atoms. The Labute approximate surface area is 171 Å². The third-order valence-corrected chi connectivity index (χ3v) is 5.51. The number of amides is 1. The molecule has 1 atom stereocenters. The molecule has 6 nitrogen and oxygen atoms in total. The zero-order valence-electron chi connectivity index (χ0n) is 16.9. The number of imidazole rings is 1. The summed E-state index contributed by atoms with van der Waals surface area (Å²) in [5.74, 6) is 1.85. The van der Waals surface area contributed by atoms with E-state index in [-0.39, 0.29) is 11.9 Å². The molecule has 1 amide bonds. The first-order valence-corrected chi connectivity index (χ1v) is 10.0. The highest BCUT2D eigenvalue weighted by molar-refractivity contribution is 5.79. The highest BCUT2D eigenvalue weighted by Gasteiger charge is 2.27. The van der Waals surface area contributed by atoms with Crippen LogP contribution in [0.5, 0.6) is 5.75 Å². The molecule has 1 fully saturated rings. The van der Waals surface area contributed by atoms with E-state index in [9.17, 15) is 4.79 Å². The minimum atomic E-state index is 0.156. The molecule has 1 aliphatic heterocycles. The van der Waals surface area contributed by atoms with Crippen LogP contribution in [-0.4, -0.2) is 45.5 Å². The number of pyridine rings is 1. The van der Waals surface area contributed by atoms with E-state index in [2.05, 4.69) is 21.5 Å². The minimum absolute atomic E-state index is 0.156. The number of carbonyl (C=O) groups is 1. The van der Waals surface area contributed by atoms with Gasteiger partial charge in [0.25, 0.3) is 0 Å². The van der Waals surface area contributed by atoms with Gasteiger partial charge in [-0.2, -0.15) is 0 Å². The van der Waals surface area contributed by atoms with E-state index in [0.717, 1.165) is 47.8 Å². The van der Waals surface area contributed by atoms with Gasteiger partial charge in [0.2, 0.25) is 5.91 Å². The van der Waals surface area contributed by atoms with Crippen LogP contribution >= 0.6 is 0 Å². The maximum atomic E-state index is 13.0. The summed E-state index contributed by atoms with van der Waals surface area (Å²) in [7, 11) is 1.64. The Hall–Kier alpha value is -3.15. The number of likely N-dealkylation sites (tertiary alicyclic amines) is 1. The fraction of sp³-hybridized carbons (Fsp3) is 0.348. The van der Waals surface area contributed by atoms with Crippen molar-refractivity contribution in [3.8, 4) is 17.1 Å². The molecule has 3 heterocycles. The lowest BCUT2D eigenvalue weighted by Crippen LogP contribution is -2.41. The molecule has 1 unspecified atom stereocenters. The van der Waals surface area contributed by atoms with Crippen LogP contribution in [0.25, 0.3) is 11.4 Å². The quantitative estimate of drug-likeness (QED) is 0.667. The summed E-state index contributed by atoms with van der Waals surface area (Å²) in [6.07, 6.45) is 7.92. The smallest absolute Gasteiger partial charge is 0.227 e. The van der Waals surface area contributed by atoms with Crippen molar-refractivity contribution in [2.45, 2.75) is 32.2 Å². The van der Waals surface area contributed by atoms with Crippen LogP contribution < -0.4 is 4.74 Å². The van der Waals surface area contributed by atoms with E-state index in [0.29, 0.717) is 13.0 Å². The molecule has 1 aromatic carbocycles. The molecule has 0 saturated carbocycles. The largest absolute Gasteiger partial charge is 0.497 e. The number of nitrogens with zero attached hydrogens (tertiary/aromatic N) is 4. The molecule has 4 rings (SSSR count). The number of hydrogen-bond donors (Lipinski definition) is 0. The van der Waals surface area contributed by atoms with Gasteiger partial charge in [-0.05, 0) is 49.6 Å². The predicted molar refractivity (Wildman–Crippen MR) is 112 cm³/mol. The predicted octanol–water partition coefficient (Wildman–Crippen LogP) is 3.67. The summed E-state index contributed by atoms with van der Waals surface area (Å²) in [5.41, 5.74) is 3.09. The van der Waals surface area contributed by atoms with Crippen molar-refractivity contribution in [1.29, 1.82) is 0 Å². The molecular weight excluding hydrogens is 364 g/mol. The number of piperidine rings is 1. The van der Waals surface area contributed by atoms with E-state index < -0.39 is 0 Å². The Morgan fingerprint density at radius 3 is 2.93 bits per heavy atom. The monoisotopic (exact) mass is 390 g/mol. The number of aryl methyl sites for hydroxylation is 1. The van der Waals surface area contributed by atoms with Crippen molar-refractivity contribution < 1.29 is 9.53 Å². The second-order valence-corrected chi connectivity index (χ2v) is 7.50. The van der Waals surface area contributed by atoms with Gasteiger partial charge in [-0.25, -0.2) is 4.98 Å². The third kappa shape index (κ3) is 4.16. The lowest BCUT2D eigenvalue weighted by Gasteiger charge is -2.35. The maximum Gasteiger partial charge on any atom is 0.227 e. The van der Waals surface area contributed by atoms with E-state index in [1.165, 1.54) is 0 Å². The number of ether oxygens (including phenoxy) is 1. The summed E-state index contributed by atoms with van der Waals surface area (Å²) in [6, 6.07) is 11.9. The zero-order chi connectivity index (χ0) is 20.2. The van der Waals surface area contributed by atoms with Crippen LogP contribution in [0.1, 0.15) is 30.1 Å². The van der Waals surface area contributed by atoms with E-state index in [1.54, 1.807) is 13.3 Å². The van der Waals surface area contributed by atoms with Crippen molar-refractivity contribution >= 4 is 5.91 Å². The Kier molecular flexibility index (Phi) is 5.60. The number of carbonyl (C=O) groups excluding carboxylic acids is 1. The van der Waals surface area contributed by atoms with Crippen LogP contribution in [0.4, 0.5) is 0 Å². The van der Waals surface area contributed by atoms with Crippen LogP contribution in [0.3, 0.4) is 0 Å². The van der Waals surface area contributed by atoms with E-state index >= 15 is 0 Å². The van der Waals surface area contributed by atoms with Crippen molar-refractivity contribution in [2.24, 2.45) is 0 Å². The first-order valence-electron chi connectivity index (χ1n) is 10.0. The van der Waals surface area contributed by atoms with Crippen molar-refractivity contribution in [3.05, 3.63) is 66.2 Å². The summed E-state index contributed by atoms with van der Waals surface area (Å²) >= 11 is 0. The van der Waals surface area contributed by atoms with Crippen molar-refractivity contribution in [2.75, 3.05) is 20.2 Å². The van der Waals surface area contributed by atoms with Crippen molar-refractivity contribution in [3.63, 3.8) is 0 Å². The minimum Gasteiger partial charge on any atom is -0.497 e. The molecule has 150 valence electrons. The van der Waals surface area contributed by atoms with Crippen LogP contribution in [0.2, 0.25) is 0 Å². The van der Waals surface area contributed by atoms with Crippen LogP contribution in [0, 0.1) is 6.92 Å². The van der Waals surface area contributed by atoms with Gasteiger partial charge in [-0.3, -0.25) is 9.78 Å². The topological polar surface area (TPSA) is 60.2 Å². The molecule has 0 aliphatic carbocycles. The average Bonchev–Trinajstić information content (AvgIpc) is 3.16. The molecule has 1 saturated heterocycles. The van der Waals surface area contributed by atoms with Gasteiger partial charge in [0.1, 0.15) is 11.6 Å². The van der Waals surface area contributed by atoms with Gasteiger partial charge >= 0.3 is 0 Å². The van der Waals surface area contributed by atoms with Gasteiger partial charge in [-0.1, -0.05) is 12.1 Å². The first-order chi connectivity index (χ1) is 14.2. The molecule has 0 spiro atoms. The summed E-state index contributed by atoms with van der Waals surface area (Å²) in [4.78, 5) is 23.8. The molecule has 0 N–H and O–H groups in total. The molecule has 3 aromatic rings. The number of aromatic nitrogens is 3. The molecular formula is C23H26N4O2. The molecule has 29 heavy (non-hydrogen) atoms. The highest BCUT2D eigenvalue weighted by atomic mass is 16.5. The summed E-state index contributed by atoms with van der Waals surface area (Å²) < 4.78 is 7.54. The fourth-order valence-electron chi connectivity index (χ4n) is 4.08. The Balaban J connectivity index is 1.52. The average molecular weight is 390 g/mol. The zero-order valence-corrected chi connectivity index (χ0v) is 16.9. The number of hydrogen-bond acceptors (Lipinski definition) is 4. The Morgan fingerprint density at radius 2 is 2.14 bits per heavy atom. The van der Waals surface area contributed by atoms with Gasteiger partial charge in [-0.15, -0.1) is 0 Å². The molecule has 2 aromatic heterocycles. The first kappa shape index (κ1) is 19.2. The normalized spacial score (nSPS) is 16.6. The Bertz CT molecular complexity index is 984. The molecule has 1 aliphatic rings. The number of benzene rings is 1. The fourth-order valence-corrected chi connectivity index (χ4v) is 4.08. The van der Waals surface area contributed by atoms with E-state index in [1.807, 2.05) is 53.7 Å². The second kappa shape index (κ2) is 8.47. The maximum absolute atomic E-state index is 13.0. The molecule has 6 heteroatoms. The summed E-state index contributed by atoms with van der Waals surface area (Å²) in [6.45, 7) is 3.58. The number of rotatable bonds is 5. The highest BCUT2D eigenvalue weighted by Crippen LogP contribution is 2.29. The van der Waals surface area contributed by atoms with Crippen LogP contribution in [0.15, 0.2) is 55.0 Å². The van der Waals surface area contributed by atoms with Crippen molar-refractivity contribution in [1.82, 2.24) is 19.4 Å². The second-order valence-electron chi connectivity index (χ2n) is 7.50. The molecule has 0 radical (unpaired) electrons. The van der Waals surface area contributed by atoms with Gasteiger partial charge < -0.3 is 14.2 Å². The standard InChI is InChI=1S/C23H26N4O2/c1-17-14-25-23(19-7-4-10-24-15-19)27(17)20-8-5-11-26(16-20)22(28)13-18-6-3-9-21(12-18)29-2/h3-4,6-7,9-10,12,14-15,20H,5,8,11,13,16H2,1-2H3. The Morgan fingerprint density at radius 1 is 1.24 bits per heavy atom. The third-order valence-electron chi connectivity index (χ3n) is 5.51. The lowest BCUT2D eigenvalue weighted by atomic mass is 10.0. The number of methoxy groups -OCH3 is 1. The van der Waals surface area contributed by atoms with Gasteiger partial charge in [0.05, 0.1) is 19.6 Å².